The van der Waals surface area contributed by atoms with Crippen LogP contribution in [0.1, 0.15) is 15.9 Å². The fraction of sp³-hybridized carbons (Fsp3) is 0.190. The van der Waals surface area contributed by atoms with Crippen molar-refractivity contribution >= 4 is 11.7 Å². The van der Waals surface area contributed by atoms with Crippen molar-refractivity contribution in [1.29, 1.82) is 0 Å². The van der Waals surface area contributed by atoms with Gasteiger partial charge in [-0.15, -0.1) is 0 Å². The maximum atomic E-state index is 13.0. The second-order valence-electron chi connectivity index (χ2n) is 6.25. The molecule has 0 aliphatic rings. The van der Waals surface area contributed by atoms with Gasteiger partial charge in [0.2, 0.25) is 0 Å². The van der Waals surface area contributed by atoms with Crippen molar-refractivity contribution in [2.75, 3.05) is 6.67 Å². The summed E-state index contributed by atoms with van der Waals surface area (Å²) in [7, 11) is 1.72. The number of carbonyl (C=O) groups is 2. The van der Waals surface area contributed by atoms with Crippen LogP contribution in [0.5, 0.6) is 0 Å². The molecule has 0 saturated carbocycles. The van der Waals surface area contributed by atoms with Crippen molar-refractivity contribution in [3.8, 4) is 11.3 Å². The minimum Gasteiger partial charge on any atom is -0.342 e. The monoisotopic (exact) mass is 365 g/mol. The van der Waals surface area contributed by atoms with E-state index in [4.69, 9.17) is 0 Å². The van der Waals surface area contributed by atoms with Gasteiger partial charge in [-0.05, 0) is 12.0 Å². The van der Waals surface area contributed by atoms with Crippen LogP contribution in [0.15, 0.2) is 66.9 Å². The predicted molar refractivity (Wildman–Crippen MR) is 101 cm³/mol. The molecule has 5 nitrogen and oxygen atoms in total. The molecule has 27 heavy (non-hydrogen) atoms. The zero-order chi connectivity index (χ0) is 19.2. The number of halogens is 1. The van der Waals surface area contributed by atoms with E-state index >= 15 is 0 Å². The third-order valence-corrected chi connectivity index (χ3v) is 4.23. The van der Waals surface area contributed by atoms with Crippen LogP contribution in [0.2, 0.25) is 0 Å². The molecule has 0 fully saturated rings. The Hall–Kier alpha value is -3.28. The smallest absolute Gasteiger partial charge is 0.255 e. The van der Waals surface area contributed by atoms with Crippen LogP contribution >= 0.6 is 0 Å². The Morgan fingerprint density at radius 2 is 1.70 bits per heavy atom. The van der Waals surface area contributed by atoms with Crippen molar-refractivity contribution in [1.82, 2.24) is 15.1 Å². The molecule has 3 aromatic rings. The summed E-state index contributed by atoms with van der Waals surface area (Å²) in [5, 5.41) is 7.03. The molecule has 1 heterocycles. The Morgan fingerprint density at radius 1 is 1.07 bits per heavy atom. The van der Waals surface area contributed by atoms with Crippen molar-refractivity contribution in [2.45, 2.75) is 12.5 Å². The Labute approximate surface area is 156 Å². The number of benzene rings is 2. The lowest BCUT2D eigenvalue weighted by atomic mass is 10.0. The van der Waals surface area contributed by atoms with Crippen LogP contribution in [0.4, 0.5) is 4.39 Å². The van der Waals surface area contributed by atoms with Gasteiger partial charge in [-0.1, -0.05) is 60.7 Å². The Bertz CT molecular complexity index is 923. The third-order valence-electron chi connectivity index (χ3n) is 4.23. The first kappa shape index (κ1) is 18.5. The topological polar surface area (TPSA) is 64.0 Å². The highest BCUT2D eigenvalue weighted by Gasteiger charge is 2.24. The van der Waals surface area contributed by atoms with Crippen LogP contribution in [-0.2, 0) is 18.3 Å². The van der Waals surface area contributed by atoms with Crippen molar-refractivity contribution < 1.29 is 14.0 Å². The molecule has 0 aliphatic carbocycles. The summed E-state index contributed by atoms with van der Waals surface area (Å²) in [6.07, 6.45) is 1.83. The summed E-state index contributed by atoms with van der Waals surface area (Å²) < 4.78 is 14.6. The Balaban J connectivity index is 1.85. The standard InChI is InChI=1S/C21H20FN3O2/c1-25-14-17(20(24-25)16-10-6-3-7-11-16)21(27)23-18(19(26)13-22)12-15-8-4-2-5-9-15/h2-11,14,18H,12-13H2,1H3,(H,23,27). The summed E-state index contributed by atoms with van der Waals surface area (Å²) in [5.41, 5.74) is 2.49. The number of rotatable bonds is 7. The van der Waals surface area contributed by atoms with Gasteiger partial charge < -0.3 is 5.32 Å². The van der Waals surface area contributed by atoms with Gasteiger partial charge in [-0.3, -0.25) is 14.3 Å². The molecule has 0 radical (unpaired) electrons. The SMILES string of the molecule is Cn1cc(C(=O)NC(Cc2ccccc2)C(=O)CF)c(-c2ccccc2)n1. The van der Waals surface area contributed by atoms with E-state index in [9.17, 15) is 14.0 Å². The molecule has 2 aromatic carbocycles. The lowest BCUT2D eigenvalue weighted by Gasteiger charge is -2.16. The molecule has 0 bridgehead atoms. The van der Waals surface area contributed by atoms with E-state index in [-0.39, 0.29) is 6.42 Å². The highest BCUT2D eigenvalue weighted by atomic mass is 19.1. The molecule has 6 heteroatoms. The van der Waals surface area contributed by atoms with Gasteiger partial charge in [0.05, 0.1) is 11.6 Å². The largest absolute Gasteiger partial charge is 0.342 e. The van der Waals surface area contributed by atoms with Gasteiger partial charge in [-0.25, -0.2) is 4.39 Å². The molecule has 1 atom stereocenters. The maximum Gasteiger partial charge on any atom is 0.255 e. The average molecular weight is 365 g/mol. The van der Waals surface area contributed by atoms with E-state index in [2.05, 4.69) is 10.4 Å². The highest BCUT2D eigenvalue weighted by molar-refractivity contribution is 6.02. The summed E-state index contributed by atoms with van der Waals surface area (Å²) in [6.45, 7) is -1.13. The molecule has 0 saturated heterocycles. The van der Waals surface area contributed by atoms with Gasteiger partial charge in [0.15, 0.2) is 5.78 Å². The van der Waals surface area contributed by atoms with Crippen LogP contribution in [0.3, 0.4) is 0 Å². The van der Waals surface area contributed by atoms with Gasteiger partial charge in [-0.2, -0.15) is 5.10 Å². The second-order valence-corrected chi connectivity index (χ2v) is 6.25. The van der Waals surface area contributed by atoms with E-state index in [1.807, 2.05) is 60.7 Å². The number of aryl methyl sites for hydroxylation is 1. The first-order chi connectivity index (χ1) is 13.1. The van der Waals surface area contributed by atoms with E-state index in [1.54, 1.807) is 17.9 Å². The van der Waals surface area contributed by atoms with Gasteiger partial charge in [0.25, 0.3) is 5.91 Å². The zero-order valence-corrected chi connectivity index (χ0v) is 14.9. The lowest BCUT2D eigenvalue weighted by Crippen LogP contribution is -2.43. The minimum atomic E-state index is -1.13. The normalized spacial score (nSPS) is 11.8. The number of aromatic nitrogens is 2. The van der Waals surface area contributed by atoms with E-state index < -0.39 is 24.4 Å². The van der Waals surface area contributed by atoms with Crippen LogP contribution in [-0.4, -0.2) is 34.2 Å². The fourth-order valence-electron chi connectivity index (χ4n) is 2.89. The number of nitrogens with one attached hydrogen (secondary N) is 1. The zero-order valence-electron chi connectivity index (χ0n) is 14.9. The summed E-state index contributed by atoms with van der Waals surface area (Å²) in [4.78, 5) is 24.9. The molecule has 1 N–H and O–H groups in total. The summed E-state index contributed by atoms with van der Waals surface area (Å²) in [5.74, 6) is -1.11. The lowest BCUT2D eigenvalue weighted by molar-refractivity contribution is -0.121. The fourth-order valence-corrected chi connectivity index (χ4v) is 2.89. The number of carbonyl (C=O) groups excluding carboxylic acids is 2. The predicted octanol–water partition coefficient (Wildman–Crippen LogP) is 2.97. The van der Waals surface area contributed by atoms with Gasteiger partial charge in [0, 0.05) is 18.8 Å². The molecule has 3 rings (SSSR count). The van der Waals surface area contributed by atoms with E-state index in [0.29, 0.717) is 11.3 Å². The summed E-state index contributed by atoms with van der Waals surface area (Å²) in [6, 6.07) is 17.6. The number of hydrogen-bond acceptors (Lipinski definition) is 3. The number of ketones is 1. The van der Waals surface area contributed by atoms with E-state index in [1.165, 1.54) is 0 Å². The number of hydrogen-bond donors (Lipinski definition) is 1. The number of Topliss-reactive ketones (excluding diaryl/α,β-unsaturated/α-hetero) is 1. The van der Waals surface area contributed by atoms with Crippen molar-refractivity contribution in [2.24, 2.45) is 7.05 Å². The minimum absolute atomic E-state index is 0.232. The van der Waals surface area contributed by atoms with Gasteiger partial charge >= 0.3 is 0 Å². The molecule has 1 unspecified atom stereocenters. The first-order valence-corrected chi connectivity index (χ1v) is 8.61. The maximum absolute atomic E-state index is 13.0. The second kappa shape index (κ2) is 8.40. The number of alkyl halides is 1. The van der Waals surface area contributed by atoms with Crippen LogP contribution < -0.4 is 5.32 Å². The van der Waals surface area contributed by atoms with Crippen molar-refractivity contribution in [3.63, 3.8) is 0 Å². The van der Waals surface area contributed by atoms with Gasteiger partial charge in [0.1, 0.15) is 12.4 Å². The van der Waals surface area contributed by atoms with E-state index in [0.717, 1.165) is 11.1 Å². The molecular formula is C21H20FN3O2. The first-order valence-electron chi connectivity index (χ1n) is 8.61. The number of nitrogens with zero attached hydrogens (tertiary/aromatic N) is 2. The van der Waals surface area contributed by atoms with Crippen LogP contribution in [0.25, 0.3) is 11.3 Å². The molecule has 138 valence electrons. The number of amides is 1. The summed E-state index contributed by atoms with van der Waals surface area (Å²) >= 11 is 0. The molecule has 1 amide bonds. The average Bonchev–Trinajstić information content (AvgIpc) is 3.10. The third kappa shape index (κ3) is 4.47. The molecule has 0 spiro atoms. The molecule has 1 aromatic heterocycles. The highest BCUT2D eigenvalue weighted by Crippen LogP contribution is 2.21. The van der Waals surface area contributed by atoms with Crippen LogP contribution in [0, 0.1) is 0 Å². The Morgan fingerprint density at radius 3 is 2.33 bits per heavy atom. The Kier molecular flexibility index (Phi) is 5.76. The quantitative estimate of drug-likeness (QED) is 0.700. The molecule has 0 aliphatic heterocycles. The molecular weight excluding hydrogens is 345 g/mol. The van der Waals surface area contributed by atoms with Crippen molar-refractivity contribution in [3.05, 3.63) is 78.0 Å².